The van der Waals surface area contributed by atoms with Crippen LogP contribution in [0.15, 0.2) is 62.6 Å². The smallest absolute Gasteiger partial charge is 0.336 e. The molecule has 0 fully saturated rings. The first-order valence-corrected chi connectivity index (χ1v) is 8.61. The molecule has 1 heterocycles. The molecule has 2 aromatic carbocycles. The first-order valence-electron chi connectivity index (χ1n) is 7.24. The van der Waals surface area contributed by atoms with Crippen molar-refractivity contribution in [1.82, 2.24) is 0 Å². The van der Waals surface area contributed by atoms with Gasteiger partial charge in [0, 0.05) is 40.8 Å². The van der Waals surface area contributed by atoms with Gasteiger partial charge in [0.25, 0.3) is 0 Å². The highest BCUT2D eigenvalue weighted by Crippen LogP contribution is 2.31. The number of carbonyl (C=O) groups is 1. The number of thioether (sulfide) groups is 1. The summed E-state index contributed by atoms with van der Waals surface area (Å²) in [5.74, 6) is 0.410. The van der Waals surface area contributed by atoms with E-state index in [4.69, 9.17) is 16.0 Å². The zero-order valence-corrected chi connectivity index (χ0v) is 14.4. The fraction of sp³-hybridized carbons (Fsp3) is 0.111. The van der Waals surface area contributed by atoms with Crippen molar-refractivity contribution in [2.24, 2.45) is 0 Å². The summed E-state index contributed by atoms with van der Waals surface area (Å²) in [6.45, 7) is 1.43. The highest BCUT2D eigenvalue weighted by atomic mass is 35.5. The topological polar surface area (TPSA) is 59.3 Å². The van der Waals surface area contributed by atoms with Crippen molar-refractivity contribution in [3.8, 4) is 0 Å². The second kappa shape index (κ2) is 7.11. The van der Waals surface area contributed by atoms with E-state index >= 15 is 0 Å². The maximum atomic E-state index is 11.8. The van der Waals surface area contributed by atoms with Crippen LogP contribution < -0.4 is 10.9 Å². The van der Waals surface area contributed by atoms with Crippen LogP contribution in [-0.2, 0) is 10.5 Å². The molecule has 122 valence electrons. The Morgan fingerprint density at radius 2 is 2.00 bits per heavy atom. The molecule has 0 bridgehead atoms. The molecule has 6 heteroatoms. The molecule has 0 radical (unpaired) electrons. The number of halogens is 1. The fourth-order valence-corrected chi connectivity index (χ4v) is 3.58. The third kappa shape index (κ3) is 3.80. The van der Waals surface area contributed by atoms with E-state index in [0.717, 1.165) is 15.8 Å². The van der Waals surface area contributed by atoms with Gasteiger partial charge in [0.05, 0.1) is 5.02 Å². The number of carbonyl (C=O) groups excluding carboxylic acids is 1. The van der Waals surface area contributed by atoms with Gasteiger partial charge in [-0.2, -0.15) is 0 Å². The van der Waals surface area contributed by atoms with Crippen LogP contribution in [0.1, 0.15) is 12.5 Å². The molecular weight excluding hydrogens is 346 g/mol. The van der Waals surface area contributed by atoms with Crippen LogP contribution in [0, 0.1) is 0 Å². The minimum absolute atomic E-state index is 0.179. The SMILES string of the molecule is CC(=O)Nc1ccc2c(CSc3ccccc3Cl)cc(=O)oc2c1. The molecule has 0 unspecified atom stereocenters. The first-order chi connectivity index (χ1) is 11.5. The third-order valence-corrected chi connectivity index (χ3v) is 4.93. The highest BCUT2D eigenvalue weighted by Gasteiger charge is 2.09. The predicted octanol–water partition coefficient (Wildman–Crippen LogP) is 4.70. The lowest BCUT2D eigenvalue weighted by atomic mass is 10.1. The molecule has 1 N–H and O–H groups in total. The number of anilines is 1. The first kappa shape index (κ1) is 16.6. The number of amides is 1. The number of rotatable bonds is 4. The molecule has 4 nitrogen and oxygen atoms in total. The summed E-state index contributed by atoms with van der Waals surface area (Å²) >= 11 is 7.72. The van der Waals surface area contributed by atoms with Crippen LogP contribution in [0.4, 0.5) is 5.69 Å². The normalized spacial score (nSPS) is 10.8. The van der Waals surface area contributed by atoms with Crippen LogP contribution in [0.3, 0.4) is 0 Å². The van der Waals surface area contributed by atoms with Crippen LogP contribution in [0.25, 0.3) is 11.0 Å². The third-order valence-electron chi connectivity index (χ3n) is 3.37. The largest absolute Gasteiger partial charge is 0.423 e. The fourth-order valence-electron chi connectivity index (χ4n) is 2.35. The van der Waals surface area contributed by atoms with Gasteiger partial charge in [-0.3, -0.25) is 4.79 Å². The Morgan fingerprint density at radius 3 is 2.75 bits per heavy atom. The van der Waals surface area contributed by atoms with Crippen molar-refractivity contribution in [3.05, 3.63) is 69.5 Å². The van der Waals surface area contributed by atoms with Gasteiger partial charge in [-0.25, -0.2) is 4.79 Å². The summed E-state index contributed by atoms with van der Waals surface area (Å²) in [4.78, 5) is 23.9. The molecule has 0 saturated carbocycles. The Kier molecular flexibility index (Phi) is 4.92. The Morgan fingerprint density at radius 1 is 1.21 bits per heavy atom. The number of hydrogen-bond donors (Lipinski definition) is 1. The maximum Gasteiger partial charge on any atom is 0.336 e. The van der Waals surface area contributed by atoms with Gasteiger partial charge in [0.2, 0.25) is 5.91 Å². The highest BCUT2D eigenvalue weighted by molar-refractivity contribution is 7.98. The van der Waals surface area contributed by atoms with Crippen LogP contribution in [-0.4, -0.2) is 5.91 Å². The summed E-state index contributed by atoms with van der Waals surface area (Å²) in [7, 11) is 0. The van der Waals surface area contributed by atoms with Crippen molar-refractivity contribution in [1.29, 1.82) is 0 Å². The monoisotopic (exact) mass is 359 g/mol. The molecule has 1 amide bonds. The van der Waals surface area contributed by atoms with Gasteiger partial charge in [-0.05, 0) is 29.8 Å². The standard InChI is InChI=1S/C18H14ClNO3S/c1-11(21)20-13-6-7-14-12(8-18(22)23-16(14)9-13)10-24-17-5-3-2-4-15(17)19/h2-9H,10H2,1H3,(H,20,21). The molecule has 1 aromatic heterocycles. The van der Waals surface area contributed by atoms with Crippen molar-refractivity contribution in [2.45, 2.75) is 17.6 Å². The van der Waals surface area contributed by atoms with Crippen molar-refractivity contribution in [3.63, 3.8) is 0 Å². The summed E-state index contributed by atoms with van der Waals surface area (Å²) in [6, 6.07) is 14.3. The van der Waals surface area contributed by atoms with Crippen molar-refractivity contribution in [2.75, 3.05) is 5.32 Å². The van der Waals surface area contributed by atoms with Crippen LogP contribution in [0.2, 0.25) is 5.02 Å². The molecule has 3 rings (SSSR count). The average molecular weight is 360 g/mol. The molecule has 0 aliphatic rings. The maximum absolute atomic E-state index is 11.8. The van der Waals surface area contributed by atoms with E-state index in [0.29, 0.717) is 22.0 Å². The molecular formula is C18H14ClNO3S. The molecule has 0 saturated heterocycles. The molecule has 0 spiro atoms. The van der Waals surface area contributed by atoms with E-state index in [9.17, 15) is 9.59 Å². The Balaban J connectivity index is 1.94. The van der Waals surface area contributed by atoms with Gasteiger partial charge < -0.3 is 9.73 Å². The van der Waals surface area contributed by atoms with E-state index in [1.54, 1.807) is 23.9 Å². The van der Waals surface area contributed by atoms with Gasteiger partial charge in [-0.15, -0.1) is 11.8 Å². The van der Waals surface area contributed by atoms with E-state index < -0.39 is 5.63 Å². The Bertz CT molecular complexity index is 968. The van der Waals surface area contributed by atoms with Gasteiger partial charge >= 0.3 is 5.63 Å². The summed E-state index contributed by atoms with van der Waals surface area (Å²) < 4.78 is 5.26. The zero-order chi connectivity index (χ0) is 17.1. The minimum atomic E-state index is -0.419. The van der Waals surface area contributed by atoms with E-state index in [1.165, 1.54) is 13.0 Å². The summed E-state index contributed by atoms with van der Waals surface area (Å²) in [5.41, 5.74) is 1.48. The number of fused-ring (bicyclic) bond motifs is 1. The number of benzene rings is 2. The number of nitrogens with one attached hydrogen (secondary N) is 1. The molecule has 0 aliphatic carbocycles. The zero-order valence-electron chi connectivity index (χ0n) is 12.8. The molecule has 3 aromatic rings. The lowest BCUT2D eigenvalue weighted by Gasteiger charge is -2.08. The second-order valence-corrected chi connectivity index (χ2v) is 6.63. The lowest BCUT2D eigenvalue weighted by molar-refractivity contribution is -0.114. The lowest BCUT2D eigenvalue weighted by Crippen LogP contribution is -2.06. The van der Waals surface area contributed by atoms with Gasteiger partial charge in [-0.1, -0.05) is 23.7 Å². The summed E-state index contributed by atoms with van der Waals surface area (Å²) in [6.07, 6.45) is 0. The second-order valence-electron chi connectivity index (χ2n) is 5.20. The quantitative estimate of drug-likeness (QED) is 0.542. The predicted molar refractivity (Wildman–Crippen MR) is 97.8 cm³/mol. The van der Waals surface area contributed by atoms with Gasteiger partial charge in [0.15, 0.2) is 0 Å². The molecule has 24 heavy (non-hydrogen) atoms. The Hall–Kier alpha value is -2.24. The van der Waals surface area contributed by atoms with Gasteiger partial charge in [0.1, 0.15) is 5.58 Å². The molecule has 0 aliphatic heterocycles. The molecule has 0 atom stereocenters. The average Bonchev–Trinajstić information content (AvgIpc) is 2.52. The summed E-state index contributed by atoms with van der Waals surface area (Å²) in [5, 5.41) is 4.20. The van der Waals surface area contributed by atoms with Crippen molar-refractivity contribution >= 4 is 45.9 Å². The minimum Gasteiger partial charge on any atom is -0.423 e. The van der Waals surface area contributed by atoms with Crippen molar-refractivity contribution < 1.29 is 9.21 Å². The van der Waals surface area contributed by atoms with Crippen LogP contribution in [0.5, 0.6) is 0 Å². The van der Waals surface area contributed by atoms with Crippen LogP contribution >= 0.6 is 23.4 Å². The van der Waals surface area contributed by atoms with E-state index in [1.807, 2.05) is 30.3 Å². The number of hydrogen-bond acceptors (Lipinski definition) is 4. The van der Waals surface area contributed by atoms with E-state index in [2.05, 4.69) is 5.32 Å². The van der Waals surface area contributed by atoms with E-state index in [-0.39, 0.29) is 5.91 Å². The Labute approximate surface area is 147 Å².